The minimum absolute atomic E-state index is 0.0860. The van der Waals surface area contributed by atoms with Crippen molar-refractivity contribution in [1.82, 2.24) is 15.0 Å². The number of fused-ring (bicyclic) bond motifs is 1. The average Bonchev–Trinajstić information content (AvgIpc) is 3.17. The summed E-state index contributed by atoms with van der Waals surface area (Å²) in [7, 11) is 0. The molecule has 0 fully saturated rings. The Morgan fingerprint density at radius 2 is 1.92 bits per heavy atom. The molecule has 0 saturated carbocycles. The van der Waals surface area contributed by atoms with Crippen LogP contribution in [0, 0.1) is 13.8 Å². The van der Waals surface area contributed by atoms with Crippen LogP contribution in [0.1, 0.15) is 42.0 Å². The normalized spacial score (nSPS) is 17.2. The summed E-state index contributed by atoms with van der Waals surface area (Å²) in [5.41, 5.74) is 4.48. The molecule has 0 radical (unpaired) electrons. The maximum atomic E-state index is 12.1. The van der Waals surface area contributed by atoms with Gasteiger partial charge in [-0.3, -0.25) is 14.8 Å². The molecule has 0 N–H and O–H groups in total. The van der Waals surface area contributed by atoms with Gasteiger partial charge in [0.05, 0.1) is 22.8 Å². The lowest BCUT2D eigenvalue weighted by molar-refractivity contribution is -0.130. The van der Waals surface area contributed by atoms with Gasteiger partial charge in [0.15, 0.2) is 0 Å². The first kappa shape index (κ1) is 15.5. The van der Waals surface area contributed by atoms with Crippen LogP contribution in [0.2, 0.25) is 0 Å². The lowest BCUT2D eigenvalue weighted by atomic mass is 9.98. The van der Waals surface area contributed by atoms with Crippen molar-refractivity contribution in [2.24, 2.45) is 5.10 Å². The van der Waals surface area contributed by atoms with Gasteiger partial charge in [-0.2, -0.15) is 5.10 Å². The zero-order valence-corrected chi connectivity index (χ0v) is 14.4. The number of benzene rings is 1. The SMILES string of the molecule is CC(=O)N1N=C(c2cc(C)oc2C)C[C@H]1c1ccc2nccnc2c1. The van der Waals surface area contributed by atoms with Gasteiger partial charge in [0, 0.05) is 31.3 Å². The number of hydrazone groups is 1. The van der Waals surface area contributed by atoms with E-state index in [0.29, 0.717) is 6.42 Å². The van der Waals surface area contributed by atoms with Crippen molar-refractivity contribution in [3.05, 3.63) is 59.3 Å². The molecule has 3 heterocycles. The van der Waals surface area contributed by atoms with Gasteiger partial charge < -0.3 is 4.42 Å². The maximum absolute atomic E-state index is 12.1. The number of carbonyl (C=O) groups is 1. The fourth-order valence-electron chi connectivity index (χ4n) is 3.33. The first-order valence-corrected chi connectivity index (χ1v) is 8.18. The van der Waals surface area contributed by atoms with Gasteiger partial charge in [-0.25, -0.2) is 5.01 Å². The van der Waals surface area contributed by atoms with E-state index in [4.69, 9.17) is 4.42 Å². The van der Waals surface area contributed by atoms with Crippen molar-refractivity contribution in [2.45, 2.75) is 33.2 Å². The zero-order valence-electron chi connectivity index (χ0n) is 14.4. The van der Waals surface area contributed by atoms with Crippen LogP contribution < -0.4 is 0 Å². The van der Waals surface area contributed by atoms with Crippen molar-refractivity contribution >= 4 is 22.7 Å². The maximum Gasteiger partial charge on any atom is 0.240 e. The van der Waals surface area contributed by atoms with E-state index in [1.807, 2.05) is 38.1 Å². The monoisotopic (exact) mass is 334 g/mol. The van der Waals surface area contributed by atoms with Crippen LogP contribution in [0.3, 0.4) is 0 Å². The minimum atomic E-state index is -0.145. The van der Waals surface area contributed by atoms with Crippen LogP contribution in [0.4, 0.5) is 0 Å². The Labute approximate surface area is 145 Å². The van der Waals surface area contributed by atoms with Crippen LogP contribution in [-0.4, -0.2) is 26.6 Å². The van der Waals surface area contributed by atoms with E-state index in [2.05, 4.69) is 15.1 Å². The van der Waals surface area contributed by atoms with E-state index in [0.717, 1.165) is 39.4 Å². The first-order chi connectivity index (χ1) is 12.0. The Kier molecular flexibility index (Phi) is 3.60. The van der Waals surface area contributed by atoms with E-state index < -0.39 is 0 Å². The number of aromatic nitrogens is 2. The summed E-state index contributed by atoms with van der Waals surface area (Å²) < 4.78 is 5.62. The molecule has 1 aliphatic heterocycles. The van der Waals surface area contributed by atoms with Gasteiger partial charge in [-0.1, -0.05) is 6.07 Å². The molecule has 25 heavy (non-hydrogen) atoms. The molecule has 1 atom stereocenters. The summed E-state index contributed by atoms with van der Waals surface area (Å²) in [6.45, 7) is 5.36. The number of hydrogen-bond acceptors (Lipinski definition) is 5. The zero-order chi connectivity index (χ0) is 17.6. The predicted octanol–water partition coefficient (Wildman–Crippen LogP) is 3.54. The van der Waals surface area contributed by atoms with E-state index in [1.54, 1.807) is 17.4 Å². The number of rotatable bonds is 2. The smallest absolute Gasteiger partial charge is 0.240 e. The van der Waals surface area contributed by atoms with Gasteiger partial charge in [0.25, 0.3) is 0 Å². The molecule has 4 rings (SSSR count). The second-order valence-corrected chi connectivity index (χ2v) is 6.26. The molecule has 1 aliphatic rings. The molecule has 3 aromatic rings. The third-order valence-corrected chi connectivity index (χ3v) is 4.46. The molecule has 0 aliphatic carbocycles. The van der Waals surface area contributed by atoms with Gasteiger partial charge >= 0.3 is 0 Å². The molecule has 0 spiro atoms. The Bertz CT molecular complexity index is 1010. The van der Waals surface area contributed by atoms with E-state index in [1.165, 1.54) is 6.92 Å². The predicted molar refractivity (Wildman–Crippen MR) is 94.1 cm³/mol. The van der Waals surface area contributed by atoms with Gasteiger partial charge in [-0.05, 0) is 37.6 Å². The lowest BCUT2D eigenvalue weighted by Gasteiger charge is -2.20. The Morgan fingerprint density at radius 3 is 2.60 bits per heavy atom. The molecule has 0 unspecified atom stereocenters. The third-order valence-electron chi connectivity index (χ3n) is 4.46. The van der Waals surface area contributed by atoms with Gasteiger partial charge in [0.2, 0.25) is 5.91 Å². The Hall–Kier alpha value is -3.02. The summed E-state index contributed by atoms with van der Waals surface area (Å²) in [5, 5.41) is 6.12. The minimum Gasteiger partial charge on any atom is -0.466 e. The lowest BCUT2D eigenvalue weighted by Crippen LogP contribution is -2.24. The largest absolute Gasteiger partial charge is 0.466 e. The fraction of sp³-hybridized carbons (Fsp3) is 0.263. The highest BCUT2D eigenvalue weighted by Crippen LogP contribution is 2.34. The summed E-state index contributed by atoms with van der Waals surface area (Å²) >= 11 is 0. The van der Waals surface area contributed by atoms with E-state index >= 15 is 0 Å². The van der Waals surface area contributed by atoms with Crippen molar-refractivity contribution in [2.75, 3.05) is 0 Å². The van der Waals surface area contributed by atoms with Crippen LogP contribution in [-0.2, 0) is 4.79 Å². The summed E-state index contributed by atoms with van der Waals surface area (Å²) in [6, 6.07) is 7.73. The van der Waals surface area contributed by atoms with Gasteiger partial charge in [-0.15, -0.1) is 0 Å². The van der Waals surface area contributed by atoms with E-state index in [9.17, 15) is 4.79 Å². The number of amides is 1. The topological polar surface area (TPSA) is 71.6 Å². The van der Waals surface area contributed by atoms with Crippen molar-refractivity contribution in [3.8, 4) is 0 Å². The van der Waals surface area contributed by atoms with Crippen LogP contribution in [0.5, 0.6) is 0 Å². The molecule has 126 valence electrons. The highest BCUT2D eigenvalue weighted by atomic mass is 16.3. The van der Waals surface area contributed by atoms with Crippen molar-refractivity contribution in [1.29, 1.82) is 0 Å². The van der Waals surface area contributed by atoms with Crippen LogP contribution in [0.25, 0.3) is 11.0 Å². The number of hydrogen-bond donors (Lipinski definition) is 0. The summed E-state index contributed by atoms with van der Waals surface area (Å²) in [5.74, 6) is 1.58. The second-order valence-electron chi connectivity index (χ2n) is 6.26. The van der Waals surface area contributed by atoms with E-state index in [-0.39, 0.29) is 11.9 Å². The molecule has 0 bridgehead atoms. The number of carbonyl (C=O) groups excluding carboxylic acids is 1. The summed E-state index contributed by atoms with van der Waals surface area (Å²) in [4.78, 5) is 20.8. The van der Waals surface area contributed by atoms with Crippen molar-refractivity contribution < 1.29 is 9.21 Å². The van der Waals surface area contributed by atoms with Crippen LogP contribution >= 0.6 is 0 Å². The molecule has 6 heteroatoms. The molecule has 1 amide bonds. The molecular formula is C19H18N4O2. The molecule has 0 saturated heterocycles. The molecule has 2 aromatic heterocycles. The van der Waals surface area contributed by atoms with Crippen LogP contribution in [0.15, 0.2) is 46.2 Å². The second kappa shape index (κ2) is 5.81. The number of nitrogens with zero attached hydrogens (tertiary/aromatic N) is 4. The third kappa shape index (κ3) is 2.69. The molecular weight excluding hydrogens is 316 g/mol. The number of furan rings is 1. The first-order valence-electron chi connectivity index (χ1n) is 8.18. The molecule has 1 aromatic carbocycles. The quantitative estimate of drug-likeness (QED) is 0.718. The Morgan fingerprint density at radius 1 is 1.16 bits per heavy atom. The Balaban J connectivity index is 1.74. The fourth-order valence-corrected chi connectivity index (χ4v) is 3.33. The highest BCUT2D eigenvalue weighted by molar-refractivity contribution is 6.04. The number of aryl methyl sites for hydroxylation is 2. The average molecular weight is 334 g/mol. The standard InChI is InChI=1S/C19H18N4O2/c1-11-8-15(12(2)25-11)17-10-19(23(22-17)13(3)24)14-4-5-16-18(9-14)21-7-6-20-16/h4-9,19H,10H2,1-3H3/t19-/m0/s1. The summed E-state index contributed by atoms with van der Waals surface area (Å²) in [6.07, 6.45) is 3.99. The highest BCUT2D eigenvalue weighted by Gasteiger charge is 2.32. The molecule has 6 nitrogen and oxygen atoms in total. The van der Waals surface area contributed by atoms with Gasteiger partial charge in [0.1, 0.15) is 11.5 Å². The van der Waals surface area contributed by atoms with Crippen molar-refractivity contribution in [3.63, 3.8) is 0 Å².